The Morgan fingerprint density at radius 2 is 1.88 bits per heavy atom. The van der Waals surface area contributed by atoms with Crippen molar-refractivity contribution in [2.24, 2.45) is 5.41 Å². The summed E-state index contributed by atoms with van der Waals surface area (Å²) in [5.74, 6) is -0.911. The molecule has 1 aromatic carbocycles. The number of rotatable bonds is 4. The summed E-state index contributed by atoms with van der Waals surface area (Å²) in [5.41, 5.74) is -0.953. The van der Waals surface area contributed by atoms with Crippen molar-refractivity contribution >= 4 is 33.4 Å². The van der Waals surface area contributed by atoms with E-state index in [1.807, 2.05) is 20.8 Å². The zero-order chi connectivity index (χ0) is 18.0. The molecule has 0 aromatic heterocycles. The molecular weight excluding hydrogens is 375 g/mol. The fraction of sp³-hybridized carbons (Fsp3) is 0.556. The maximum absolute atomic E-state index is 14.0. The molecule has 2 amide bonds. The maximum Gasteiger partial charge on any atom is 0.231 e. The monoisotopic (exact) mass is 398 g/mol. The molecule has 4 nitrogen and oxygen atoms in total. The lowest BCUT2D eigenvalue weighted by Crippen LogP contribution is -2.45. The molecule has 0 radical (unpaired) electrons. The first kappa shape index (κ1) is 18.9. The highest BCUT2D eigenvalue weighted by Crippen LogP contribution is 2.42. The van der Waals surface area contributed by atoms with E-state index in [0.717, 1.165) is 12.8 Å². The summed E-state index contributed by atoms with van der Waals surface area (Å²) in [6.45, 7) is 5.72. The molecule has 0 unspecified atom stereocenters. The van der Waals surface area contributed by atoms with Gasteiger partial charge < -0.3 is 10.6 Å². The van der Waals surface area contributed by atoms with E-state index >= 15 is 0 Å². The highest BCUT2D eigenvalue weighted by Gasteiger charge is 2.43. The molecule has 0 saturated heterocycles. The van der Waals surface area contributed by atoms with Gasteiger partial charge in [-0.2, -0.15) is 0 Å². The predicted octanol–water partition coefficient (Wildman–Crippen LogP) is 4.39. The Morgan fingerprint density at radius 3 is 2.42 bits per heavy atom. The van der Waals surface area contributed by atoms with E-state index in [1.54, 1.807) is 6.07 Å². The molecular formula is C18H24BrFN2O2. The molecule has 1 fully saturated rings. The molecule has 2 rings (SSSR count). The quantitative estimate of drug-likeness (QED) is 0.789. The molecule has 0 bridgehead atoms. The molecule has 2 N–H and O–H groups in total. The standard InChI is InChI=1S/C18H24BrFN2O2/c1-17(2,3)22-15(23)11-18(8-4-5-9-18)16(24)21-14-7-6-12(19)10-13(14)20/h6-7,10H,4-5,8-9,11H2,1-3H3,(H,21,24)(H,22,23). The zero-order valence-corrected chi connectivity index (χ0v) is 15.9. The number of hydrogen-bond donors (Lipinski definition) is 2. The van der Waals surface area contributed by atoms with Crippen molar-refractivity contribution in [2.45, 2.75) is 58.4 Å². The molecule has 1 aromatic rings. The largest absolute Gasteiger partial charge is 0.351 e. The summed E-state index contributed by atoms with van der Waals surface area (Å²) in [4.78, 5) is 25.1. The molecule has 0 spiro atoms. The van der Waals surface area contributed by atoms with Crippen LogP contribution in [0.1, 0.15) is 52.9 Å². The summed E-state index contributed by atoms with van der Waals surface area (Å²) in [6, 6.07) is 4.50. The number of amides is 2. The van der Waals surface area contributed by atoms with Crippen LogP contribution in [0.2, 0.25) is 0 Å². The molecule has 1 saturated carbocycles. The van der Waals surface area contributed by atoms with Crippen molar-refractivity contribution in [1.29, 1.82) is 0 Å². The van der Waals surface area contributed by atoms with Gasteiger partial charge in [-0.3, -0.25) is 9.59 Å². The third-order valence-corrected chi connectivity index (χ3v) is 4.73. The molecule has 1 aliphatic carbocycles. The van der Waals surface area contributed by atoms with Crippen LogP contribution in [0.25, 0.3) is 0 Å². The summed E-state index contributed by atoms with van der Waals surface area (Å²) >= 11 is 3.19. The number of anilines is 1. The second-order valence-corrected chi connectivity index (χ2v) is 8.46. The average molecular weight is 399 g/mol. The Bertz CT molecular complexity index is 634. The van der Waals surface area contributed by atoms with Gasteiger partial charge in [-0.15, -0.1) is 0 Å². The van der Waals surface area contributed by atoms with E-state index in [4.69, 9.17) is 0 Å². The maximum atomic E-state index is 14.0. The minimum atomic E-state index is -0.755. The topological polar surface area (TPSA) is 58.2 Å². The van der Waals surface area contributed by atoms with Gasteiger partial charge >= 0.3 is 0 Å². The molecule has 0 heterocycles. The lowest BCUT2D eigenvalue weighted by atomic mass is 9.81. The van der Waals surface area contributed by atoms with Crippen molar-refractivity contribution in [1.82, 2.24) is 5.32 Å². The van der Waals surface area contributed by atoms with Crippen LogP contribution in [-0.4, -0.2) is 17.4 Å². The smallest absolute Gasteiger partial charge is 0.231 e. The van der Waals surface area contributed by atoms with Crippen LogP contribution in [0.15, 0.2) is 22.7 Å². The first-order chi connectivity index (χ1) is 11.1. The lowest BCUT2D eigenvalue weighted by Gasteiger charge is -2.29. The van der Waals surface area contributed by atoms with Gasteiger partial charge in [0.15, 0.2) is 0 Å². The van der Waals surface area contributed by atoms with E-state index in [2.05, 4.69) is 26.6 Å². The Kier molecular flexibility index (Phi) is 5.68. The van der Waals surface area contributed by atoms with Gasteiger partial charge in [0, 0.05) is 16.4 Å². The Balaban J connectivity index is 2.14. The van der Waals surface area contributed by atoms with Crippen LogP contribution in [0.4, 0.5) is 10.1 Å². The van der Waals surface area contributed by atoms with Gasteiger partial charge in [0.25, 0.3) is 0 Å². The molecule has 6 heteroatoms. The molecule has 24 heavy (non-hydrogen) atoms. The van der Waals surface area contributed by atoms with Crippen LogP contribution in [0.3, 0.4) is 0 Å². The van der Waals surface area contributed by atoms with Gasteiger partial charge in [-0.25, -0.2) is 4.39 Å². The molecule has 0 aliphatic heterocycles. The SMILES string of the molecule is CC(C)(C)NC(=O)CC1(C(=O)Nc2ccc(Br)cc2F)CCCC1. The van der Waals surface area contributed by atoms with Gasteiger partial charge in [0.1, 0.15) is 5.82 Å². The summed E-state index contributed by atoms with van der Waals surface area (Å²) < 4.78 is 14.6. The van der Waals surface area contributed by atoms with Crippen LogP contribution in [0.5, 0.6) is 0 Å². The van der Waals surface area contributed by atoms with E-state index < -0.39 is 11.2 Å². The van der Waals surface area contributed by atoms with Gasteiger partial charge in [-0.05, 0) is 51.8 Å². The Hall–Kier alpha value is -1.43. The van der Waals surface area contributed by atoms with Crippen molar-refractivity contribution < 1.29 is 14.0 Å². The van der Waals surface area contributed by atoms with Crippen LogP contribution < -0.4 is 10.6 Å². The van der Waals surface area contributed by atoms with Gasteiger partial charge in [-0.1, -0.05) is 28.8 Å². The summed E-state index contributed by atoms with van der Waals surface area (Å²) in [6.07, 6.45) is 3.23. The number of halogens is 2. The minimum absolute atomic E-state index is 0.133. The van der Waals surface area contributed by atoms with E-state index in [1.165, 1.54) is 12.1 Å². The van der Waals surface area contributed by atoms with Crippen molar-refractivity contribution in [3.63, 3.8) is 0 Å². The molecule has 132 valence electrons. The molecule has 1 aliphatic rings. The lowest BCUT2D eigenvalue weighted by molar-refractivity contribution is -0.133. The van der Waals surface area contributed by atoms with Gasteiger partial charge in [0.2, 0.25) is 11.8 Å². The third kappa shape index (κ3) is 4.79. The number of carbonyl (C=O) groups is 2. The van der Waals surface area contributed by atoms with Crippen molar-refractivity contribution in [3.8, 4) is 0 Å². The van der Waals surface area contributed by atoms with E-state index in [9.17, 15) is 14.0 Å². The van der Waals surface area contributed by atoms with Crippen molar-refractivity contribution in [3.05, 3.63) is 28.5 Å². The fourth-order valence-corrected chi connectivity index (χ4v) is 3.48. The number of carbonyl (C=O) groups excluding carboxylic acids is 2. The minimum Gasteiger partial charge on any atom is -0.351 e. The zero-order valence-electron chi connectivity index (χ0n) is 14.3. The van der Waals surface area contributed by atoms with E-state index in [0.29, 0.717) is 17.3 Å². The predicted molar refractivity (Wildman–Crippen MR) is 96.1 cm³/mol. The van der Waals surface area contributed by atoms with Gasteiger partial charge in [0.05, 0.1) is 11.1 Å². The highest BCUT2D eigenvalue weighted by atomic mass is 79.9. The van der Waals surface area contributed by atoms with Crippen LogP contribution in [-0.2, 0) is 9.59 Å². The normalized spacial score (nSPS) is 16.7. The number of hydrogen-bond acceptors (Lipinski definition) is 2. The first-order valence-electron chi connectivity index (χ1n) is 8.19. The number of nitrogens with one attached hydrogen (secondary N) is 2. The van der Waals surface area contributed by atoms with Crippen LogP contribution in [0, 0.1) is 11.2 Å². The second-order valence-electron chi connectivity index (χ2n) is 7.54. The average Bonchev–Trinajstić information content (AvgIpc) is 2.89. The highest BCUT2D eigenvalue weighted by molar-refractivity contribution is 9.10. The summed E-state index contributed by atoms with van der Waals surface area (Å²) in [7, 11) is 0. The van der Waals surface area contributed by atoms with Crippen LogP contribution >= 0.6 is 15.9 Å². The fourth-order valence-electron chi connectivity index (χ4n) is 3.15. The number of benzene rings is 1. The summed E-state index contributed by atoms with van der Waals surface area (Å²) in [5, 5.41) is 5.58. The first-order valence-corrected chi connectivity index (χ1v) is 8.98. The second kappa shape index (κ2) is 7.21. The van der Waals surface area contributed by atoms with E-state index in [-0.39, 0.29) is 29.5 Å². The molecule has 0 atom stereocenters. The Morgan fingerprint density at radius 1 is 1.25 bits per heavy atom. The Labute approximate surface area is 150 Å². The van der Waals surface area contributed by atoms with Crippen molar-refractivity contribution in [2.75, 3.05) is 5.32 Å². The third-order valence-electron chi connectivity index (χ3n) is 4.24.